The molecule has 22 heavy (non-hydrogen) atoms. The maximum Gasteiger partial charge on any atom is 0.228 e. The molecule has 7 nitrogen and oxygen atoms in total. The van der Waals surface area contributed by atoms with E-state index in [-0.39, 0.29) is 23.5 Å². The van der Waals surface area contributed by atoms with E-state index in [1.807, 2.05) is 18.5 Å². The van der Waals surface area contributed by atoms with Gasteiger partial charge in [-0.3, -0.25) is 4.79 Å². The van der Waals surface area contributed by atoms with Crippen LogP contribution in [0, 0.1) is 5.92 Å². The summed E-state index contributed by atoms with van der Waals surface area (Å²) in [6.45, 7) is 4.04. The second kappa shape index (κ2) is 5.35. The van der Waals surface area contributed by atoms with Gasteiger partial charge in [0.1, 0.15) is 0 Å². The summed E-state index contributed by atoms with van der Waals surface area (Å²) in [5, 5.41) is 7.86. The number of nitrogens with one attached hydrogen (secondary N) is 1. The van der Waals surface area contributed by atoms with E-state index in [1.165, 1.54) is 0 Å². The molecule has 0 saturated carbocycles. The molecule has 0 aliphatic carbocycles. The number of sulfone groups is 1. The highest BCUT2D eigenvalue weighted by atomic mass is 32.2. The second-order valence-corrected chi connectivity index (χ2v) is 8.14. The Kier molecular flexibility index (Phi) is 3.64. The first-order valence-electron chi connectivity index (χ1n) is 7.20. The lowest BCUT2D eigenvalue weighted by Crippen LogP contribution is -2.23. The molecule has 0 radical (unpaired) electrons. The second-order valence-electron chi connectivity index (χ2n) is 5.91. The molecule has 1 unspecified atom stereocenters. The Morgan fingerprint density at radius 1 is 1.41 bits per heavy atom. The number of amides is 1. The predicted octanol–water partition coefficient (Wildman–Crippen LogP) is 1.39. The van der Waals surface area contributed by atoms with Crippen LogP contribution in [0.4, 0.5) is 5.69 Å². The topological polar surface area (TPSA) is 94.0 Å². The van der Waals surface area contributed by atoms with Crippen LogP contribution in [0.15, 0.2) is 18.5 Å². The monoisotopic (exact) mass is 322 g/mol. The lowest BCUT2D eigenvalue weighted by Gasteiger charge is -2.10. The van der Waals surface area contributed by atoms with Crippen LogP contribution in [-0.4, -0.2) is 40.6 Å². The van der Waals surface area contributed by atoms with Crippen molar-refractivity contribution in [2.75, 3.05) is 16.8 Å². The van der Waals surface area contributed by atoms with Gasteiger partial charge in [0.25, 0.3) is 0 Å². The van der Waals surface area contributed by atoms with Crippen molar-refractivity contribution in [3.63, 3.8) is 0 Å². The lowest BCUT2D eigenvalue weighted by molar-refractivity contribution is -0.119. The van der Waals surface area contributed by atoms with Crippen LogP contribution in [0.2, 0.25) is 0 Å². The van der Waals surface area contributed by atoms with Crippen LogP contribution in [0.3, 0.4) is 0 Å². The summed E-state index contributed by atoms with van der Waals surface area (Å²) in [6, 6.07) is 2.00. The predicted molar refractivity (Wildman–Crippen MR) is 83.3 cm³/mol. The molecular weight excluding hydrogens is 304 g/mol. The van der Waals surface area contributed by atoms with Crippen molar-refractivity contribution in [1.82, 2.24) is 14.8 Å². The van der Waals surface area contributed by atoms with Crippen molar-refractivity contribution in [1.29, 1.82) is 0 Å². The first-order chi connectivity index (χ1) is 10.4. The Morgan fingerprint density at radius 2 is 2.18 bits per heavy atom. The highest BCUT2D eigenvalue weighted by Gasteiger charge is 2.33. The molecule has 0 bridgehead atoms. The lowest BCUT2D eigenvalue weighted by atomic mass is 10.1. The average molecular weight is 322 g/mol. The van der Waals surface area contributed by atoms with Gasteiger partial charge in [-0.2, -0.15) is 5.10 Å². The number of carbonyl (C=O) groups is 1. The van der Waals surface area contributed by atoms with Gasteiger partial charge in [0.15, 0.2) is 15.5 Å². The molecule has 1 amide bonds. The van der Waals surface area contributed by atoms with Crippen LogP contribution in [0.25, 0.3) is 11.0 Å². The summed E-state index contributed by atoms with van der Waals surface area (Å²) in [6.07, 6.45) is 3.66. The molecule has 3 rings (SSSR count). The largest absolute Gasteiger partial charge is 0.324 e. The molecule has 3 heterocycles. The summed E-state index contributed by atoms with van der Waals surface area (Å²) >= 11 is 0. The molecule has 118 valence electrons. The minimum absolute atomic E-state index is 0.0697. The summed E-state index contributed by atoms with van der Waals surface area (Å²) in [5.74, 6) is -0.721. The third-order valence-electron chi connectivity index (χ3n) is 3.79. The standard InChI is InChI=1S/C14H18N4O3S/c1-9(2)18-13-11(6-16-18)5-12(7-15-13)17-14(19)10-3-4-22(20,21)8-10/h5-7,9-10H,3-4,8H2,1-2H3,(H,17,19). The van der Waals surface area contributed by atoms with Crippen LogP contribution in [0.1, 0.15) is 26.3 Å². The third kappa shape index (κ3) is 2.83. The average Bonchev–Trinajstić information content (AvgIpc) is 3.01. The quantitative estimate of drug-likeness (QED) is 0.921. The van der Waals surface area contributed by atoms with Gasteiger partial charge in [0.05, 0.1) is 35.5 Å². The summed E-state index contributed by atoms with van der Waals surface area (Å²) < 4.78 is 24.7. The normalized spacial score (nSPS) is 20.6. The minimum atomic E-state index is -3.06. The van der Waals surface area contributed by atoms with Crippen molar-refractivity contribution in [2.45, 2.75) is 26.3 Å². The number of carbonyl (C=O) groups excluding carboxylic acids is 1. The van der Waals surface area contributed by atoms with Gasteiger partial charge in [0, 0.05) is 11.4 Å². The molecule has 2 aromatic rings. The fraction of sp³-hybridized carbons (Fsp3) is 0.500. The van der Waals surface area contributed by atoms with Crippen LogP contribution >= 0.6 is 0 Å². The van der Waals surface area contributed by atoms with E-state index in [9.17, 15) is 13.2 Å². The summed E-state index contributed by atoms with van der Waals surface area (Å²) in [5.41, 5.74) is 1.32. The zero-order valence-corrected chi connectivity index (χ0v) is 13.3. The number of rotatable bonds is 3. The molecule has 0 spiro atoms. The molecule has 0 aromatic carbocycles. The van der Waals surface area contributed by atoms with Gasteiger partial charge in [-0.1, -0.05) is 0 Å². The molecule has 1 fully saturated rings. The highest BCUT2D eigenvalue weighted by molar-refractivity contribution is 7.91. The molecule has 8 heteroatoms. The van der Waals surface area contributed by atoms with Crippen molar-refractivity contribution in [2.24, 2.45) is 5.92 Å². The van der Waals surface area contributed by atoms with Gasteiger partial charge in [-0.05, 0) is 26.3 Å². The van der Waals surface area contributed by atoms with Crippen molar-refractivity contribution >= 4 is 32.5 Å². The Bertz CT molecular complexity index is 826. The minimum Gasteiger partial charge on any atom is -0.324 e. The number of hydrogen-bond acceptors (Lipinski definition) is 5. The molecule has 1 aliphatic heterocycles. The zero-order valence-electron chi connectivity index (χ0n) is 12.5. The Hall–Kier alpha value is -1.96. The van der Waals surface area contributed by atoms with Gasteiger partial charge in [-0.25, -0.2) is 18.1 Å². The molecule has 2 aromatic heterocycles. The van der Waals surface area contributed by atoms with E-state index in [0.717, 1.165) is 11.0 Å². The maximum absolute atomic E-state index is 12.1. The van der Waals surface area contributed by atoms with Gasteiger partial charge >= 0.3 is 0 Å². The van der Waals surface area contributed by atoms with Crippen LogP contribution in [0.5, 0.6) is 0 Å². The van der Waals surface area contributed by atoms with Gasteiger partial charge < -0.3 is 5.32 Å². The fourth-order valence-corrected chi connectivity index (χ4v) is 4.37. The SMILES string of the molecule is CC(C)n1ncc2cc(NC(=O)C3CCS(=O)(=O)C3)cnc21. The highest BCUT2D eigenvalue weighted by Crippen LogP contribution is 2.22. The summed E-state index contributed by atoms with van der Waals surface area (Å²) in [4.78, 5) is 16.5. The Labute approximate surface area is 128 Å². The number of anilines is 1. The van der Waals surface area contributed by atoms with Crippen LogP contribution < -0.4 is 5.32 Å². The van der Waals surface area contributed by atoms with E-state index >= 15 is 0 Å². The number of nitrogens with zero attached hydrogens (tertiary/aromatic N) is 3. The molecule has 1 atom stereocenters. The first kappa shape index (κ1) is 15.0. The summed E-state index contributed by atoms with van der Waals surface area (Å²) in [7, 11) is -3.06. The molecule has 1 N–H and O–H groups in total. The van der Waals surface area contributed by atoms with E-state index in [2.05, 4.69) is 15.4 Å². The van der Waals surface area contributed by atoms with Gasteiger partial charge in [-0.15, -0.1) is 0 Å². The van der Waals surface area contributed by atoms with E-state index < -0.39 is 15.8 Å². The fourth-order valence-electron chi connectivity index (χ4n) is 2.63. The number of aromatic nitrogens is 3. The third-order valence-corrected chi connectivity index (χ3v) is 5.56. The van der Waals surface area contributed by atoms with E-state index in [4.69, 9.17) is 0 Å². The smallest absolute Gasteiger partial charge is 0.228 e. The number of hydrogen-bond donors (Lipinski definition) is 1. The molecular formula is C14H18N4O3S. The van der Waals surface area contributed by atoms with Crippen molar-refractivity contribution in [3.05, 3.63) is 18.5 Å². The molecule has 1 aliphatic rings. The van der Waals surface area contributed by atoms with Gasteiger partial charge in [0.2, 0.25) is 5.91 Å². The number of fused-ring (bicyclic) bond motifs is 1. The Morgan fingerprint density at radius 3 is 2.82 bits per heavy atom. The number of pyridine rings is 1. The zero-order chi connectivity index (χ0) is 15.9. The van der Waals surface area contributed by atoms with Crippen molar-refractivity contribution < 1.29 is 13.2 Å². The maximum atomic E-state index is 12.1. The first-order valence-corrected chi connectivity index (χ1v) is 9.02. The molecule has 1 saturated heterocycles. The van der Waals surface area contributed by atoms with Crippen molar-refractivity contribution in [3.8, 4) is 0 Å². The van der Waals surface area contributed by atoms with E-state index in [1.54, 1.807) is 18.5 Å². The Balaban J connectivity index is 1.78. The van der Waals surface area contributed by atoms with Crippen LogP contribution in [-0.2, 0) is 14.6 Å². The van der Waals surface area contributed by atoms with E-state index in [0.29, 0.717) is 12.1 Å².